The van der Waals surface area contributed by atoms with Crippen LogP contribution < -0.4 is 0 Å². The van der Waals surface area contributed by atoms with Gasteiger partial charge in [0.2, 0.25) is 0 Å². The van der Waals surface area contributed by atoms with E-state index in [0.717, 1.165) is 12.0 Å². The number of ether oxygens (including phenoxy) is 1. The molecule has 2 rings (SSSR count). The molecule has 0 spiro atoms. The number of esters is 1. The summed E-state index contributed by atoms with van der Waals surface area (Å²) in [5, 5.41) is 19.6. The minimum absolute atomic E-state index is 0.0223. The lowest BCUT2D eigenvalue weighted by Crippen LogP contribution is -2.30. The molecule has 4 heteroatoms. The monoisotopic (exact) mass is 334 g/mol. The summed E-state index contributed by atoms with van der Waals surface area (Å²) in [4.78, 5) is 10.8. The predicted octanol–water partition coefficient (Wildman–Crippen LogP) is 3.69. The quantitative estimate of drug-likeness (QED) is 0.446. The molecule has 0 saturated heterocycles. The zero-order valence-electron chi connectivity index (χ0n) is 14.9. The summed E-state index contributed by atoms with van der Waals surface area (Å²) < 4.78 is 4.77. The van der Waals surface area contributed by atoms with Crippen LogP contribution >= 0.6 is 0 Å². The van der Waals surface area contributed by atoms with Gasteiger partial charge in [0.05, 0.1) is 12.1 Å². The van der Waals surface area contributed by atoms with Crippen molar-refractivity contribution in [1.82, 2.24) is 0 Å². The van der Waals surface area contributed by atoms with Crippen molar-refractivity contribution in [2.75, 3.05) is 6.61 Å². The minimum atomic E-state index is -1.28. The van der Waals surface area contributed by atoms with E-state index in [4.69, 9.17) is 4.74 Å². The van der Waals surface area contributed by atoms with Crippen molar-refractivity contribution in [3.05, 3.63) is 35.5 Å². The molecular weight excluding hydrogens is 312 g/mol. The van der Waals surface area contributed by atoms with Crippen LogP contribution in [0.5, 0.6) is 0 Å². The fourth-order valence-corrected chi connectivity index (χ4v) is 3.44. The lowest BCUT2D eigenvalue weighted by molar-refractivity contribution is -0.139. The van der Waals surface area contributed by atoms with Gasteiger partial charge in [0, 0.05) is 19.3 Å². The first-order chi connectivity index (χ1) is 11.9. The van der Waals surface area contributed by atoms with Crippen molar-refractivity contribution in [2.24, 2.45) is 23.2 Å². The summed E-state index contributed by atoms with van der Waals surface area (Å²) in [7, 11) is 0. The summed E-state index contributed by atoms with van der Waals surface area (Å²) >= 11 is 0. The lowest BCUT2D eigenvalue weighted by Gasteiger charge is -2.34. The van der Waals surface area contributed by atoms with E-state index in [1.807, 2.05) is 13.8 Å². The maximum Gasteiger partial charge on any atom is 0.303 e. The van der Waals surface area contributed by atoms with Gasteiger partial charge in [0.25, 0.3) is 0 Å². The Morgan fingerprint density at radius 3 is 2.60 bits per heavy atom. The van der Waals surface area contributed by atoms with Crippen LogP contribution in [0.2, 0.25) is 0 Å². The number of nitriles is 2. The molecular formula is C21H22N2O2. The van der Waals surface area contributed by atoms with Crippen molar-refractivity contribution < 1.29 is 9.53 Å². The van der Waals surface area contributed by atoms with Crippen LogP contribution in [0, 0.1) is 57.7 Å². The van der Waals surface area contributed by atoms with Gasteiger partial charge in [-0.05, 0) is 37.7 Å². The SMILES string of the molecule is CC(=O)OCC#CCC(C#N)(C#N)C1=C[C@H]2C=CC(C2)[C@@H]1C=C(C)C. The van der Waals surface area contributed by atoms with Crippen LogP contribution in [0.3, 0.4) is 0 Å². The van der Waals surface area contributed by atoms with E-state index >= 15 is 0 Å². The highest BCUT2D eigenvalue weighted by Gasteiger charge is 2.43. The van der Waals surface area contributed by atoms with Gasteiger partial charge in [0.15, 0.2) is 12.0 Å². The van der Waals surface area contributed by atoms with Gasteiger partial charge in [0.1, 0.15) is 0 Å². The zero-order chi connectivity index (χ0) is 18.4. The van der Waals surface area contributed by atoms with E-state index in [-0.39, 0.29) is 24.9 Å². The van der Waals surface area contributed by atoms with Crippen molar-refractivity contribution in [2.45, 2.75) is 33.6 Å². The third-order valence-corrected chi connectivity index (χ3v) is 4.58. The normalized spacial score (nSPS) is 23.4. The Labute approximate surface area is 149 Å². The first-order valence-corrected chi connectivity index (χ1v) is 8.39. The molecule has 0 aromatic carbocycles. The molecule has 25 heavy (non-hydrogen) atoms. The second-order valence-corrected chi connectivity index (χ2v) is 6.78. The van der Waals surface area contributed by atoms with Crippen LogP contribution in [-0.2, 0) is 9.53 Å². The third kappa shape index (κ3) is 4.20. The summed E-state index contributed by atoms with van der Waals surface area (Å²) in [6.45, 7) is 5.35. The smallest absolute Gasteiger partial charge is 0.303 e. The Balaban J connectivity index is 2.31. The first kappa shape index (κ1) is 18.6. The highest BCUT2D eigenvalue weighted by atomic mass is 16.5. The van der Waals surface area contributed by atoms with Crippen molar-refractivity contribution in [3.8, 4) is 24.0 Å². The molecule has 128 valence electrons. The second-order valence-electron chi connectivity index (χ2n) is 6.78. The molecule has 2 aliphatic rings. The van der Waals surface area contributed by atoms with E-state index < -0.39 is 11.4 Å². The van der Waals surface area contributed by atoms with Crippen LogP contribution in [0.25, 0.3) is 0 Å². The fraction of sp³-hybridized carbons (Fsp3) is 0.476. The maximum atomic E-state index is 10.8. The van der Waals surface area contributed by atoms with E-state index in [0.29, 0.717) is 5.92 Å². The summed E-state index contributed by atoms with van der Waals surface area (Å²) in [6, 6.07) is 4.42. The van der Waals surface area contributed by atoms with Crippen molar-refractivity contribution in [3.63, 3.8) is 0 Å². The number of carbonyl (C=O) groups excluding carboxylic acids is 1. The summed E-state index contributed by atoms with van der Waals surface area (Å²) in [5.41, 5.74) is 0.745. The average Bonchev–Trinajstić information content (AvgIpc) is 2.96. The molecule has 4 nitrogen and oxygen atoms in total. The molecule has 0 aromatic rings. The highest BCUT2D eigenvalue weighted by Crippen LogP contribution is 2.48. The molecule has 0 saturated carbocycles. The Bertz CT molecular complexity index is 759. The van der Waals surface area contributed by atoms with Gasteiger partial charge >= 0.3 is 5.97 Å². The number of nitrogens with zero attached hydrogens (tertiary/aromatic N) is 2. The predicted molar refractivity (Wildman–Crippen MR) is 94.4 cm³/mol. The highest BCUT2D eigenvalue weighted by molar-refractivity contribution is 5.66. The molecule has 2 bridgehead atoms. The van der Waals surface area contributed by atoms with Crippen molar-refractivity contribution in [1.29, 1.82) is 10.5 Å². The molecule has 0 fully saturated rings. The number of allylic oxidation sites excluding steroid dienone is 6. The van der Waals surface area contributed by atoms with Gasteiger partial charge in [-0.1, -0.05) is 41.7 Å². The van der Waals surface area contributed by atoms with Gasteiger partial charge < -0.3 is 4.74 Å². The largest absolute Gasteiger partial charge is 0.453 e. The molecule has 0 heterocycles. The fourth-order valence-electron chi connectivity index (χ4n) is 3.44. The van der Waals surface area contributed by atoms with Gasteiger partial charge in [-0.25, -0.2) is 0 Å². The van der Waals surface area contributed by atoms with E-state index in [2.05, 4.69) is 48.3 Å². The average molecular weight is 334 g/mol. The maximum absolute atomic E-state index is 10.8. The third-order valence-electron chi connectivity index (χ3n) is 4.58. The Hall–Kier alpha value is -2.77. The number of hydrogen-bond acceptors (Lipinski definition) is 4. The Kier molecular flexibility index (Phi) is 5.84. The minimum Gasteiger partial charge on any atom is -0.453 e. The van der Waals surface area contributed by atoms with Gasteiger partial charge in [-0.15, -0.1) is 0 Å². The topological polar surface area (TPSA) is 73.9 Å². The zero-order valence-corrected chi connectivity index (χ0v) is 14.9. The summed E-state index contributed by atoms with van der Waals surface area (Å²) in [6.07, 6.45) is 9.73. The van der Waals surface area contributed by atoms with Crippen molar-refractivity contribution >= 4 is 5.97 Å². The molecule has 2 aliphatic carbocycles. The number of carbonyl (C=O) groups is 1. The van der Waals surface area contributed by atoms with E-state index in [1.54, 1.807) is 0 Å². The van der Waals surface area contributed by atoms with Crippen LogP contribution in [0.15, 0.2) is 35.5 Å². The second kappa shape index (κ2) is 7.87. The summed E-state index contributed by atoms with van der Waals surface area (Å²) in [5.74, 6) is 5.84. The first-order valence-electron chi connectivity index (χ1n) is 8.39. The number of rotatable bonds is 4. The number of hydrogen-bond donors (Lipinski definition) is 0. The standard InChI is InChI=1S/C21H22N2O2/c1-15(2)10-19-18-7-6-17(11-18)12-20(19)21(13-22,14-23)8-4-5-9-25-16(3)24/h6-7,10,12,17-19H,8-9,11H2,1-3H3/t17-,18?,19-/m0/s1. The van der Waals surface area contributed by atoms with Gasteiger partial charge in [-0.3, -0.25) is 4.79 Å². The molecule has 0 N–H and O–H groups in total. The molecule has 0 radical (unpaired) electrons. The Morgan fingerprint density at radius 1 is 1.28 bits per heavy atom. The molecule has 3 atom stereocenters. The van der Waals surface area contributed by atoms with Crippen LogP contribution in [-0.4, -0.2) is 12.6 Å². The van der Waals surface area contributed by atoms with Crippen LogP contribution in [0.4, 0.5) is 0 Å². The molecule has 0 aliphatic heterocycles. The molecule has 1 unspecified atom stereocenters. The molecule has 0 aromatic heterocycles. The lowest BCUT2D eigenvalue weighted by atomic mass is 9.66. The number of fused-ring (bicyclic) bond motifs is 2. The van der Waals surface area contributed by atoms with Gasteiger partial charge in [-0.2, -0.15) is 10.5 Å². The molecule has 0 amide bonds. The van der Waals surface area contributed by atoms with E-state index in [1.165, 1.54) is 12.5 Å². The van der Waals surface area contributed by atoms with Crippen LogP contribution in [0.1, 0.15) is 33.6 Å². The van der Waals surface area contributed by atoms with E-state index in [9.17, 15) is 15.3 Å². The Morgan fingerprint density at radius 2 is 2.00 bits per heavy atom.